The molecule has 0 radical (unpaired) electrons. The highest BCUT2D eigenvalue weighted by molar-refractivity contribution is 5.27. The first-order valence-corrected chi connectivity index (χ1v) is 6.82. The van der Waals surface area contributed by atoms with Crippen LogP contribution in [0.3, 0.4) is 0 Å². The van der Waals surface area contributed by atoms with E-state index in [2.05, 4.69) is 31.0 Å². The Kier molecular flexibility index (Phi) is 4.19. The van der Waals surface area contributed by atoms with Crippen LogP contribution in [0.25, 0.3) is 0 Å². The van der Waals surface area contributed by atoms with Crippen molar-refractivity contribution in [2.45, 2.75) is 38.7 Å². The summed E-state index contributed by atoms with van der Waals surface area (Å²) >= 11 is 0. The average molecular weight is 273 g/mol. The molecule has 0 saturated heterocycles. The first-order valence-electron chi connectivity index (χ1n) is 6.82. The molecule has 106 valence electrons. The molecule has 0 spiro atoms. The molecule has 3 heteroatoms. The number of pyridine rings is 1. The van der Waals surface area contributed by atoms with Crippen LogP contribution in [0, 0.1) is 5.82 Å². The first-order chi connectivity index (χ1) is 9.38. The van der Waals surface area contributed by atoms with Crippen LogP contribution in [0.15, 0.2) is 42.6 Å². The van der Waals surface area contributed by atoms with Crippen molar-refractivity contribution in [3.63, 3.8) is 0 Å². The molecule has 1 unspecified atom stereocenters. The number of halogens is 1. The summed E-state index contributed by atoms with van der Waals surface area (Å²) in [6.07, 6.45) is 1.58. The lowest BCUT2D eigenvalue weighted by atomic mass is 9.91. The zero-order chi connectivity index (χ0) is 14.8. The van der Waals surface area contributed by atoms with Gasteiger partial charge in [0.05, 0.1) is 11.9 Å². The summed E-state index contributed by atoms with van der Waals surface area (Å²) in [6, 6.07) is 11.0. The molecular weight excluding hydrogens is 253 g/mol. The van der Waals surface area contributed by atoms with Crippen LogP contribution in [-0.2, 0) is 12.0 Å². The summed E-state index contributed by atoms with van der Waals surface area (Å²) in [5.41, 5.74) is 1.68. The number of benzene rings is 1. The molecule has 0 aliphatic carbocycles. The highest BCUT2D eigenvalue weighted by atomic mass is 19.1. The van der Waals surface area contributed by atoms with E-state index in [4.69, 9.17) is 0 Å². The molecule has 1 aromatic carbocycles. The summed E-state index contributed by atoms with van der Waals surface area (Å²) < 4.78 is 12.9. The van der Waals surface area contributed by atoms with Gasteiger partial charge in [-0.2, -0.15) is 0 Å². The molecule has 0 aliphatic rings. The van der Waals surface area contributed by atoms with Crippen molar-refractivity contribution in [2.24, 2.45) is 0 Å². The minimum absolute atomic E-state index is 0.397. The van der Waals surface area contributed by atoms with Gasteiger partial charge in [0.15, 0.2) is 0 Å². The lowest BCUT2D eigenvalue weighted by Crippen LogP contribution is -2.25. The predicted octanol–water partition coefficient (Wildman–Crippen LogP) is 3.79. The molecule has 1 heterocycles. The summed E-state index contributed by atoms with van der Waals surface area (Å²) in [5, 5.41) is 10.5. The highest BCUT2D eigenvalue weighted by Gasteiger charge is 2.25. The fourth-order valence-corrected chi connectivity index (χ4v) is 2.20. The van der Waals surface area contributed by atoms with Crippen LogP contribution in [0.4, 0.5) is 4.39 Å². The van der Waals surface area contributed by atoms with Crippen molar-refractivity contribution < 1.29 is 9.50 Å². The van der Waals surface area contributed by atoms with E-state index in [0.717, 1.165) is 11.8 Å². The minimum Gasteiger partial charge on any atom is -0.383 e. The van der Waals surface area contributed by atoms with Crippen molar-refractivity contribution in [2.75, 3.05) is 0 Å². The number of rotatable bonds is 4. The standard InChI is InChI=1S/C17H20FNO/c1-12(2)14-6-4-13(5-7-14)10-17(3,20)16-9-8-15(18)11-19-16/h4-9,11-12,20H,10H2,1-3H3. The summed E-state index contributed by atoms with van der Waals surface area (Å²) in [6.45, 7) is 5.99. The third-order valence-corrected chi connectivity index (χ3v) is 3.47. The Morgan fingerprint density at radius 1 is 1.15 bits per heavy atom. The van der Waals surface area contributed by atoms with Crippen molar-refractivity contribution in [1.82, 2.24) is 4.98 Å². The molecule has 2 nitrogen and oxygen atoms in total. The second kappa shape index (κ2) is 5.71. The second-order valence-corrected chi connectivity index (χ2v) is 5.71. The number of hydrogen-bond acceptors (Lipinski definition) is 2. The predicted molar refractivity (Wildman–Crippen MR) is 78.0 cm³/mol. The smallest absolute Gasteiger partial charge is 0.141 e. The van der Waals surface area contributed by atoms with Crippen molar-refractivity contribution >= 4 is 0 Å². The molecule has 0 amide bonds. The molecule has 1 aromatic heterocycles. The number of nitrogens with zero attached hydrogens (tertiary/aromatic N) is 1. The molecule has 2 aromatic rings. The minimum atomic E-state index is -1.10. The van der Waals surface area contributed by atoms with Crippen LogP contribution >= 0.6 is 0 Å². The van der Waals surface area contributed by atoms with E-state index in [9.17, 15) is 9.50 Å². The van der Waals surface area contributed by atoms with Gasteiger partial charge in [-0.25, -0.2) is 4.39 Å². The molecule has 2 rings (SSSR count). The molecular formula is C17H20FNO. The van der Waals surface area contributed by atoms with E-state index in [1.807, 2.05) is 12.1 Å². The average Bonchev–Trinajstić information content (AvgIpc) is 2.39. The molecule has 0 bridgehead atoms. The zero-order valence-electron chi connectivity index (χ0n) is 12.1. The first kappa shape index (κ1) is 14.7. The summed E-state index contributed by atoms with van der Waals surface area (Å²) in [7, 11) is 0. The van der Waals surface area contributed by atoms with Crippen LogP contribution in [0.1, 0.15) is 43.5 Å². The Labute approximate surface area is 119 Å². The van der Waals surface area contributed by atoms with Gasteiger partial charge in [-0.15, -0.1) is 0 Å². The number of aromatic nitrogens is 1. The van der Waals surface area contributed by atoms with E-state index < -0.39 is 11.4 Å². The summed E-state index contributed by atoms with van der Waals surface area (Å²) in [5.74, 6) is 0.0918. The Morgan fingerprint density at radius 2 is 1.80 bits per heavy atom. The van der Waals surface area contributed by atoms with E-state index in [0.29, 0.717) is 18.0 Å². The number of hydrogen-bond donors (Lipinski definition) is 1. The maximum Gasteiger partial charge on any atom is 0.141 e. The van der Waals surface area contributed by atoms with E-state index in [-0.39, 0.29) is 0 Å². The van der Waals surface area contributed by atoms with Gasteiger partial charge in [0, 0.05) is 6.42 Å². The number of aliphatic hydroxyl groups is 1. The Hall–Kier alpha value is -1.74. The van der Waals surface area contributed by atoms with Gasteiger partial charge in [-0.05, 0) is 36.1 Å². The van der Waals surface area contributed by atoms with E-state index >= 15 is 0 Å². The van der Waals surface area contributed by atoms with Gasteiger partial charge >= 0.3 is 0 Å². The van der Waals surface area contributed by atoms with Crippen LogP contribution in [0.5, 0.6) is 0 Å². The van der Waals surface area contributed by atoms with Gasteiger partial charge in [-0.3, -0.25) is 4.98 Å². The Bertz CT molecular complexity index is 559. The molecule has 0 aliphatic heterocycles. The van der Waals surface area contributed by atoms with Gasteiger partial charge in [0.25, 0.3) is 0 Å². The quantitative estimate of drug-likeness (QED) is 0.919. The van der Waals surface area contributed by atoms with Gasteiger partial charge in [0.1, 0.15) is 11.4 Å². The zero-order valence-corrected chi connectivity index (χ0v) is 12.1. The third-order valence-electron chi connectivity index (χ3n) is 3.47. The lowest BCUT2D eigenvalue weighted by molar-refractivity contribution is 0.0529. The van der Waals surface area contributed by atoms with Crippen molar-refractivity contribution in [3.8, 4) is 0 Å². The Balaban J connectivity index is 2.17. The maximum atomic E-state index is 12.9. The SMILES string of the molecule is CC(C)c1ccc(CC(C)(O)c2ccc(F)cn2)cc1. The molecule has 1 N–H and O–H groups in total. The largest absolute Gasteiger partial charge is 0.383 e. The highest BCUT2D eigenvalue weighted by Crippen LogP contribution is 2.24. The van der Waals surface area contributed by atoms with Gasteiger partial charge in [0.2, 0.25) is 0 Å². The fraction of sp³-hybridized carbons (Fsp3) is 0.353. The second-order valence-electron chi connectivity index (χ2n) is 5.71. The van der Waals surface area contributed by atoms with E-state index in [1.165, 1.54) is 17.7 Å². The third kappa shape index (κ3) is 3.42. The topological polar surface area (TPSA) is 33.1 Å². The lowest BCUT2D eigenvalue weighted by Gasteiger charge is -2.23. The van der Waals surface area contributed by atoms with Crippen LogP contribution < -0.4 is 0 Å². The Morgan fingerprint density at radius 3 is 2.30 bits per heavy atom. The van der Waals surface area contributed by atoms with Crippen LogP contribution in [0.2, 0.25) is 0 Å². The van der Waals surface area contributed by atoms with Gasteiger partial charge < -0.3 is 5.11 Å². The van der Waals surface area contributed by atoms with Gasteiger partial charge in [-0.1, -0.05) is 38.1 Å². The monoisotopic (exact) mass is 273 g/mol. The van der Waals surface area contributed by atoms with E-state index in [1.54, 1.807) is 6.92 Å². The normalized spacial score (nSPS) is 14.3. The van der Waals surface area contributed by atoms with Crippen molar-refractivity contribution in [3.05, 3.63) is 65.2 Å². The van der Waals surface area contributed by atoms with Crippen molar-refractivity contribution in [1.29, 1.82) is 0 Å². The molecule has 1 atom stereocenters. The molecule has 0 saturated carbocycles. The molecule has 20 heavy (non-hydrogen) atoms. The molecule has 0 fully saturated rings. The summed E-state index contributed by atoms with van der Waals surface area (Å²) in [4.78, 5) is 3.97. The maximum absolute atomic E-state index is 12.9. The fourth-order valence-electron chi connectivity index (χ4n) is 2.20. The van der Waals surface area contributed by atoms with Crippen LogP contribution in [-0.4, -0.2) is 10.1 Å².